The normalized spacial score (nSPS) is 13.8. The minimum Gasteiger partial charge on any atom is -0.490 e. The number of anilines is 1. The SMILES string of the molecule is CCOc1cc(/C=C2/SC(=O)N(CC(=O)Nc3ccccc3C)C2=O)ccc1Oc1ccc([N+](=O)[O-])cc1[N+](=O)[O-]. The first-order chi connectivity index (χ1) is 19.6. The third-order valence-electron chi connectivity index (χ3n) is 5.73. The van der Waals surface area contributed by atoms with E-state index in [0.717, 1.165) is 28.7 Å². The Morgan fingerprint density at radius 2 is 1.73 bits per heavy atom. The number of para-hydroxylation sites is 1. The van der Waals surface area contributed by atoms with Crippen molar-refractivity contribution in [3.63, 3.8) is 0 Å². The molecule has 14 heteroatoms. The zero-order valence-corrected chi connectivity index (χ0v) is 22.5. The quantitative estimate of drug-likeness (QED) is 0.179. The Morgan fingerprint density at radius 3 is 2.41 bits per heavy atom. The van der Waals surface area contributed by atoms with Crippen LogP contribution in [-0.4, -0.2) is 45.0 Å². The van der Waals surface area contributed by atoms with Gasteiger partial charge in [-0.15, -0.1) is 0 Å². The van der Waals surface area contributed by atoms with Crippen LogP contribution in [0, 0.1) is 27.2 Å². The highest BCUT2D eigenvalue weighted by atomic mass is 32.2. The molecule has 1 N–H and O–H groups in total. The Labute approximate surface area is 237 Å². The van der Waals surface area contributed by atoms with Gasteiger partial charge < -0.3 is 14.8 Å². The van der Waals surface area contributed by atoms with Gasteiger partial charge in [0, 0.05) is 11.8 Å². The summed E-state index contributed by atoms with van der Waals surface area (Å²) in [6.45, 7) is 3.27. The maximum Gasteiger partial charge on any atom is 0.318 e. The molecule has 0 bridgehead atoms. The van der Waals surface area contributed by atoms with Crippen LogP contribution in [0.2, 0.25) is 0 Å². The predicted molar refractivity (Wildman–Crippen MR) is 150 cm³/mol. The molecule has 1 saturated heterocycles. The molecular formula is C27H22N4O9S. The van der Waals surface area contributed by atoms with Crippen LogP contribution in [0.3, 0.4) is 0 Å². The van der Waals surface area contributed by atoms with E-state index < -0.39 is 44.8 Å². The molecule has 4 rings (SSSR count). The van der Waals surface area contributed by atoms with E-state index in [4.69, 9.17) is 9.47 Å². The molecular weight excluding hydrogens is 556 g/mol. The number of thioether (sulfide) groups is 1. The Balaban J connectivity index is 1.54. The Hall–Kier alpha value is -5.24. The number of hydrogen-bond acceptors (Lipinski definition) is 10. The largest absolute Gasteiger partial charge is 0.490 e. The van der Waals surface area contributed by atoms with E-state index in [9.17, 15) is 34.6 Å². The van der Waals surface area contributed by atoms with Crippen LogP contribution in [0.15, 0.2) is 65.6 Å². The summed E-state index contributed by atoms with van der Waals surface area (Å²) in [5.74, 6) is -1.14. The van der Waals surface area contributed by atoms with Crippen molar-refractivity contribution in [1.29, 1.82) is 0 Å². The Kier molecular flexibility index (Phi) is 8.63. The second-order valence-electron chi connectivity index (χ2n) is 8.54. The first kappa shape index (κ1) is 28.8. The average molecular weight is 579 g/mol. The maximum absolute atomic E-state index is 12.9. The number of hydrogen-bond donors (Lipinski definition) is 1. The molecule has 3 aromatic rings. The molecule has 1 aliphatic heterocycles. The van der Waals surface area contributed by atoms with Crippen molar-refractivity contribution in [2.45, 2.75) is 13.8 Å². The van der Waals surface area contributed by atoms with E-state index in [1.165, 1.54) is 24.3 Å². The van der Waals surface area contributed by atoms with E-state index in [0.29, 0.717) is 23.0 Å². The van der Waals surface area contributed by atoms with Gasteiger partial charge in [-0.1, -0.05) is 24.3 Å². The summed E-state index contributed by atoms with van der Waals surface area (Å²) >= 11 is 0.679. The van der Waals surface area contributed by atoms with Crippen molar-refractivity contribution in [3.8, 4) is 17.2 Å². The van der Waals surface area contributed by atoms with Gasteiger partial charge in [-0.2, -0.15) is 0 Å². The van der Waals surface area contributed by atoms with Crippen LogP contribution in [0.5, 0.6) is 17.2 Å². The third kappa shape index (κ3) is 6.67. The second kappa shape index (κ2) is 12.3. The number of imide groups is 1. The van der Waals surface area contributed by atoms with E-state index in [-0.39, 0.29) is 28.8 Å². The van der Waals surface area contributed by atoms with Crippen molar-refractivity contribution in [2.75, 3.05) is 18.5 Å². The molecule has 0 aliphatic carbocycles. The lowest BCUT2D eigenvalue weighted by Crippen LogP contribution is -2.36. The van der Waals surface area contributed by atoms with Crippen LogP contribution < -0.4 is 14.8 Å². The molecule has 13 nitrogen and oxygen atoms in total. The van der Waals surface area contributed by atoms with Gasteiger partial charge in [0.2, 0.25) is 11.7 Å². The number of nitro benzene ring substituents is 2. The number of non-ortho nitro benzene ring substituents is 1. The molecule has 41 heavy (non-hydrogen) atoms. The van der Waals surface area contributed by atoms with Gasteiger partial charge in [-0.25, -0.2) is 0 Å². The molecule has 0 spiro atoms. The fraction of sp³-hybridized carbons (Fsp3) is 0.148. The summed E-state index contributed by atoms with van der Waals surface area (Å²) < 4.78 is 11.3. The summed E-state index contributed by atoms with van der Waals surface area (Å²) in [5.41, 5.74) is 0.784. The number of nitrogens with one attached hydrogen (secondary N) is 1. The number of nitrogens with zero attached hydrogens (tertiary/aromatic N) is 3. The smallest absolute Gasteiger partial charge is 0.318 e. The number of benzene rings is 3. The lowest BCUT2D eigenvalue weighted by molar-refractivity contribution is -0.394. The van der Waals surface area contributed by atoms with E-state index in [1.54, 1.807) is 19.1 Å². The van der Waals surface area contributed by atoms with Gasteiger partial charge in [-0.05, 0) is 67.1 Å². The van der Waals surface area contributed by atoms with Gasteiger partial charge in [0.25, 0.3) is 16.8 Å². The number of aryl methyl sites for hydroxylation is 1. The lowest BCUT2D eigenvalue weighted by Gasteiger charge is -2.13. The van der Waals surface area contributed by atoms with Crippen molar-refractivity contribution >= 4 is 52.0 Å². The van der Waals surface area contributed by atoms with Crippen LogP contribution in [0.1, 0.15) is 18.1 Å². The number of nitro groups is 2. The molecule has 0 radical (unpaired) electrons. The molecule has 3 aromatic carbocycles. The zero-order chi connectivity index (χ0) is 29.7. The molecule has 1 aliphatic rings. The van der Waals surface area contributed by atoms with Gasteiger partial charge >= 0.3 is 5.69 Å². The number of carbonyl (C=O) groups excluding carboxylic acids is 3. The van der Waals surface area contributed by atoms with Gasteiger partial charge in [-0.3, -0.25) is 39.5 Å². The molecule has 1 fully saturated rings. The van der Waals surface area contributed by atoms with Crippen LogP contribution >= 0.6 is 11.8 Å². The van der Waals surface area contributed by atoms with E-state index in [2.05, 4.69) is 5.32 Å². The zero-order valence-electron chi connectivity index (χ0n) is 21.7. The minimum atomic E-state index is -0.797. The lowest BCUT2D eigenvalue weighted by atomic mass is 10.1. The van der Waals surface area contributed by atoms with Gasteiger partial charge in [0.1, 0.15) is 6.54 Å². The first-order valence-electron chi connectivity index (χ1n) is 12.1. The molecule has 0 aromatic heterocycles. The fourth-order valence-electron chi connectivity index (χ4n) is 3.77. The van der Waals surface area contributed by atoms with E-state index in [1.807, 2.05) is 19.1 Å². The second-order valence-corrected chi connectivity index (χ2v) is 9.53. The van der Waals surface area contributed by atoms with Crippen molar-refractivity contribution in [3.05, 3.63) is 96.9 Å². The maximum atomic E-state index is 12.9. The van der Waals surface area contributed by atoms with Gasteiger partial charge in [0.15, 0.2) is 11.5 Å². The topological polar surface area (TPSA) is 171 Å². The highest BCUT2D eigenvalue weighted by molar-refractivity contribution is 8.18. The summed E-state index contributed by atoms with van der Waals surface area (Å²) in [5, 5.41) is 24.6. The monoisotopic (exact) mass is 578 g/mol. The summed E-state index contributed by atoms with van der Waals surface area (Å²) in [7, 11) is 0. The Morgan fingerprint density at radius 1 is 1.00 bits per heavy atom. The molecule has 1 heterocycles. The molecule has 0 saturated carbocycles. The fourth-order valence-corrected chi connectivity index (χ4v) is 4.61. The van der Waals surface area contributed by atoms with Gasteiger partial charge in [0.05, 0.1) is 27.4 Å². The van der Waals surface area contributed by atoms with Crippen molar-refractivity contribution in [1.82, 2.24) is 4.90 Å². The molecule has 3 amide bonds. The van der Waals surface area contributed by atoms with Crippen molar-refractivity contribution in [2.24, 2.45) is 0 Å². The first-order valence-corrected chi connectivity index (χ1v) is 12.9. The number of rotatable bonds is 10. The van der Waals surface area contributed by atoms with Crippen LogP contribution in [0.4, 0.5) is 21.9 Å². The summed E-state index contributed by atoms with van der Waals surface area (Å²) in [4.78, 5) is 59.8. The third-order valence-corrected chi connectivity index (χ3v) is 6.64. The summed E-state index contributed by atoms with van der Waals surface area (Å²) in [6, 6.07) is 14.6. The summed E-state index contributed by atoms with van der Waals surface area (Å²) in [6.07, 6.45) is 1.45. The highest BCUT2D eigenvalue weighted by Crippen LogP contribution is 2.39. The molecule has 0 unspecified atom stereocenters. The average Bonchev–Trinajstić information content (AvgIpc) is 3.18. The van der Waals surface area contributed by atoms with Crippen molar-refractivity contribution < 1.29 is 33.7 Å². The number of ether oxygens (including phenoxy) is 2. The Bertz CT molecular complexity index is 1610. The van der Waals surface area contributed by atoms with Crippen LogP contribution in [0.25, 0.3) is 6.08 Å². The molecule has 210 valence electrons. The molecule has 0 atom stereocenters. The number of carbonyl (C=O) groups is 3. The van der Waals surface area contributed by atoms with Crippen LogP contribution in [-0.2, 0) is 9.59 Å². The van der Waals surface area contributed by atoms with E-state index >= 15 is 0 Å². The number of amides is 3. The predicted octanol–water partition coefficient (Wildman–Crippen LogP) is 5.68. The highest BCUT2D eigenvalue weighted by Gasteiger charge is 2.36. The minimum absolute atomic E-state index is 0.0841. The standard InChI is InChI=1S/C27H22N4O9S/c1-3-39-23-12-17(8-10-22(23)40-21-11-9-18(30(35)36)14-20(21)31(37)38)13-24-26(33)29(27(34)41-24)15-25(32)28-19-7-5-4-6-16(19)2/h4-14H,3,15H2,1-2H3,(H,28,32)/b24-13+.